The van der Waals surface area contributed by atoms with E-state index in [9.17, 15) is 9.59 Å². The second kappa shape index (κ2) is 6.75. The van der Waals surface area contributed by atoms with Crippen molar-refractivity contribution in [1.82, 2.24) is 0 Å². The third-order valence-corrected chi connectivity index (χ3v) is 6.40. The Kier molecular flexibility index (Phi) is 3.95. The van der Waals surface area contributed by atoms with Crippen LogP contribution in [0.1, 0.15) is 27.0 Å². The Hall–Kier alpha value is -4.00. The van der Waals surface area contributed by atoms with Crippen molar-refractivity contribution in [2.75, 3.05) is 24.7 Å². The average molecular weight is 429 g/mol. The molecule has 1 unspecified atom stereocenters. The van der Waals surface area contributed by atoms with Crippen molar-refractivity contribution in [3.63, 3.8) is 0 Å². The normalized spacial score (nSPS) is 20.1. The molecular weight excluding hydrogens is 410 g/mol. The van der Waals surface area contributed by atoms with Gasteiger partial charge in [0.15, 0.2) is 18.1 Å². The van der Waals surface area contributed by atoms with Gasteiger partial charge in [-0.05, 0) is 35.4 Å². The van der Waals surface area contributed by atoms with Crippen LogP contribution in [0.5, 0.6) is 17.2 Å². The molecule has 3 aliphatic rings. The molecule has 0 radical (unpaired) electrons. The number of esters is 1. The lowest BCUT2D eigenvalue weighted by atomic mass is 9.77. The zero-order valence-electron chi connectivity index (χ0n) is 17.0. The summed E-state index contributed by atoms with van der Waals surface area (Å²) in [5.41, 5.74) is 4.14. The Morgan fingerprint density at radius 3 is 2.59 bits per heavy atom. The molecule has 3 heterocycles. The molecule has 1 spiro atoms. The minimum absolute atomic E-state index is 0.103. The van der Waals surface area contributed by atoms with E-state index in [1.54, 1.807) is 12.1 Å². The van der Waals surface area contributed by atoms with Crippen molar-refractivity contribution in [3.8, 4) is 17.2 Å². The number of aromatic carboxylic acids is 1. The van der Waals surface area contributed by atoms with Gasteiger partial charge in [-0.15, -0.1) is 0 Å². The standard InChI is InChI=1S/C25H19NO6/c27-23-12-30-21-10-20-18(9-22(21)32-23)25(14-31-20)13-26(19-4-2-1-3-17(19)25)11-15-5-7-16(8-6-15)24(28)29/h1-10H,11-14H2,(H,28,29). The maximum absolute atomic E-state index is 11.7. The number of fused-ring (bicyclic) bond motifs is 5. The molecule has 0 bridgehead atoms. The fourth-order valence-corrected chi connectivity index (χ4v) is 4.91. The third kappa shape index (κ3) is 2.74. The smallest absolute Gasteiger partial charge is 0.349 e. The van der Waals surface area contributed by atoms with E-state index in [1.807, 2.05) is 36.4 Å². The highest BCUT2D eigenvalue weighted by Crippen LogP contribution is 2.54. The van der Waals surface area contributed by atoms with Gasteiger partial charge in [0.2, 0.25) is 0 Å². The Morgan fingerprint density at radius 2 is 1.78 bits per heavy atom. The summed E-state index contributed by atoms with van der Waals surface area (Å²) in [7, 11) is 0. The number of hydrogen-bond donors (Lipinski definition) is 1. The minimum atomic E-state index is -0.935. The van der Waals surface area contributed by atoms with Crippen LogP contribution in [0.3, 0.4) is 0 Å². The van der Waals surface area contributed by atoms with Crippen molar-refractivity contribution in [3.05, 3.63) is 82.9 Å². The van der Waals surface area contributed by atoms with Crippen molar-refractivity contribution >= 4 is 17.6 Å². The van der Waals surface area contributed by atoms with Crippen LogP contribution in [0.25, 0.3) is 0 Å². The molecule has 1 atom stereocenters. The third-order valence-electron chi connectivity index (χ3n) is 6.40. The topological polar surface area (TPSA) is 85.3 Å². The van der Waals surface area contributed by atoms with E-state index in [1.165, 1.54) is 0 Å². The molecule has 0 amide bonds. The summed E-state index contributed by atoms with van der Waals surface area (Å²) in [6, 6.07) is 18.9. The Morgan fingerprint density at radius 1 is 0.969 bits per heavy atom. The molecular formula is C25H19NO6. The van der Waals surface area contributed by atoms with Gasteiger partial charge in [0.25, 0.3) is 0 Å². The van der Waals surface area contributed by atoms with Gasteiger partial charge in [-0.25, -0.2) is 9.59 Å². The quantitative estimate of drug-likeness (QED) is 0.505. The molecule has 0 saturated heterocycles. The van der Waals surface area contributed by atoms with Crippen molar-refractivity contribution in [2.45, 2.75) is 12.0 Å². The first-order chi connectivity index (χ1) is 15.5. The predicted octanol–water partition coefficient (Wildman–Crippen LogP) is 3.38. The number of carbonyl (C=O) groups is 2. The van der Waals surface area contributed by atoms with Gasteiger partial charge >= 0.3 is 11.9 Å². The molecule has 7 nitrogen and oxygen atoms in total. The van der Waals surface area contributed by atoms with Crippen molar-refractivity contribution < 1.29 is 28.9 Å². The molecule has 0 saturated carbocycles. The van der Waals surface area contributed by atoms with E-state index in [2.05, 4.69) is 17.0 Å². The molecule has 32 heavy (non-hydrogen) atoms. The van der Waals surface area contributed by atoms with Gasteiger partial charge in [0.1, 0.15) is 12.4 Å². The number of nitrogens with zero attached hydrogens (tertiary/aromatic N) is 1. The van der Waals surface area contributed by atoms with Gasteiger partial charge in [0, 0.05) is 30.4 Å². The van der Waals surface area contributed by atoms with Gasteiger partial charge in [-0.1, -0.05) is 30.3 Å². The molecule has 0 aliphatic carbocycles. The first kappa shape index (κ1) is 18.7. The number of carboxylic acid groups (broad SMARTS) is 1. The molecule has 3 aromatic carbocycles. The lowest BCUT2D eigenvalue weighted by Gasteiger charge is -2.26. The number of para-hydroxylation sites is 1. The second-order valence-corrected chi connectivity index (χ2v) is 8.30. The summed E-state index contributed by atoms with van der Waals surface area (Å²) in [5.74, 6) is 0.328. The van der Waals surface area contributed by atoms with Crippen molar-refractivity contribution in [2.24, 2.45) is 0 Å². The molecule has 160 valence electrons. The molecule has 3 aliphatic heterocycles. The predicted molar refractivity (Wildman–Crippen MR) is 115 cm³/mol. The number of benzene rings is 3. The first-order valence-electron chi connectivity index (χ1n) is 10.3. The van der Waals surface area contributed by atoms with Crippen LogP contribution in [-0.2, 0) is 16.8 Å². The highest BCUT2D eigenvalue weighted by Gasteiger charge is 2.50. The Labute approximate surface area is 183 Å². The van der Waals surface area contributed by atoms with Crippen LogP contribution in [0.15, 0.2) is 60.7 Å². The van der Waals surface area contributed by atoms with E-state index >= 15 is 0 Å². The summed E-state index contributed by atoms with van der Waals surface area (Å²) in [4.78, 5) is 25.2. The summed E-state index contributed by atoms with van der Waals surface area (Å²) in [5, 5.41) is 9.16. The van der Waals surface area contributed by atoms with E-state index in [0.717, 1.165) is 28.1 Å². The van der Waals surface area contributed by atoms with E-state index in [-0.39, 0.29) is 12.2 Å². The van der Waals surface area contributed by atoms with Crippen LogP contribution in [0.4, 0.5) is 5.69 Å². The SMILES string of the molecule is O=C1COc2cc3c(cc2O1)C1(CO3)CN(Cc2ccc(C(=O)O)cc2)c2ccccc21. The van der Waals surface area contributed by atoms with Gasteiger partial charge in [0.05, 0.1) is 11.0 Å². The van der Waals surface area contributed by atoms with Crippen LogP contribution in [0, 0.1) is 0 Å². The molecule has 7 heteroatoms. The lowest BCUT2D eigenvalue weighted by molar-refractivity contribution is -0.138. The van der Waals surface area contributed by atoms with E-state index < -0.39 is 17.4 Å². The molecule has 3 aromatic rings. The summed E-state index contributed by atoms with van der Waals surface area (Å²) >= 11 is 0. The van der Waals surface area contributed by atoms with Crippen LogP contribution in [0.2, 0.25) is 0 Å². The first-order valence-corrected chi connectivity index (χ1v) is 10.3. The molecule has 0 aromatic heterocycles. The zero-order chi connectivity index (χ0) is 21.9. The monoisotopic (exact) mass is 429 g/mol. The van der Waals surface area contributed by atoms with E-state index in [0.29, 0.717) is 31.2 Å². The number of ether oxygens (including phenoxy) is 3. The summed E-state index contributed by atoms with van der Waals surface area (Å²) < 4.78 is 17.0. The highest BCUT2D eigenvalue weighted by molar-refractivity contribution is 5.87. The molecule has 0 fully saturated rings. The van der Waals surface area contributed by atoms with E-state index in [4.69, 9.17) is 19.3 Å². The second-order valence-electron chi connectivity index (χ2n) is 8.30. The number of rotatable bonds is 3. The zero-order valence-corrected chi connectivity index (χ0v) is 17.0. The fourth-order valence-electron chi connectivity index (χ4n) is 4.91. The lowest BCUT2D eigenvalue weighted by Crippen LogP contribution is -2.36. The van der Waals surface area contributed by atoms with Gasteiger partial charge in [-0.3, -0.25) is 0 Å². The Balaban J connectivity index is 1.39. The molecule has 6 rings (SSSR count). The van der Waals surface area contributed by atoms with Crippen LogP contribution in [-0.4, -0.2) is 36.8 Å². The van der Waals surface area contributed by atoms with Crippen molar-refractivity contribution in [1.29, 1.82) is 0 Å². The number of anilines is 1. The fraction of sp³-hybridized carbons (Fsp3) is 0.200. The highest BCUT2D eigenvalue weighted by atomic mass is 16.6. The van der Waals surface area contributed by atoms with Crippen LogP contribution >= 0.6 is 0 Å². The minimum Gasteiger partial charge on any atom is -0.492 e. The van der Waals surface area contributed by atoms with Gasteiger partial charge < -0.3 is 24.2 Å². The Bertz CT molecular complexity index is 1270. The summed E-state index contributed by atoms with van der Waals surface area (Å²) in [6.07, 6.45) is 0. The maximum atomic E-state index is 11.7. The van der Waals surface area contributed by atoms with Gasteiger partial charge in [-0.2, -0.15) is 0 Å². The number of carboxylic acids is 1. The molecule has 1 N–H and O–H groups in total. The summed E-state index contributed by atoms with van der Waals surface area (Å²) in [6.45, 7) is 1.70. The van der Waals surface area contributed by atoms with Crippen LogP contribution < -0.4 is 19.1 Å². The number of carbonyl (C=O) groups excluding carboxylic acids is 1. The maximum Gasteiger partial charge on any atom is 0.349 e. The average Bonchev–Trinajstić information content (AvgIpc) is 3.31. The number of hydrogen-bond acceptors (Lipinski definition) is 6. The largest absolute Gasteiger partial charge is 0.492 e.